The van der Waals surface area contributed by atoms with E-state index in [1.165, 1.54) is 6.20 Å². The fraction of sp³-hybridized carbons (Fsp3) is 0.364. The molecule has 6 heteroatoms. The molecular weight excluding hydrogens is 222 g/mol. The van der Waals surface area contributed by atoms with Crippen molar-refractivity contribution in [2.45, 2.75) is 19.3 Å². The zero-order valence-electron chi connectivity index (χ0n) is 9.35. The van der Waals surface area contributed by atoms with Gasteiger partial charge in [0.2, 0.25) is 5.91 Å². The van der Waals surface area contributed by atoms with Gasteiger partial charge in [-0.05, 0) is 25.1 Å². The molecule has 92 valence electrons. The molecule has 0 fully saturated rings. The summed E-state index contributed by atoms with van der Waals surface area (Å²) in [7, 11) is 0. The van der Waals surface area contributed by atoms with Crippen molar-refractivity contribution < 1.29 is 14.7 Å². The predicted octanol–water partition coefficient (Wildman–Crippen LogP) is 0.386. The number of nitrogens with one attached hydrogen (secondary N) is 1. The van der Waals surface area contributed by atoms with Crippen LogP contribution < -0.4 is 11.1 Å². The van der Waals surface area contributed by atoms with Gasteiger partial charge in [0.15, 0.2) is 0 Å². The Labute approximate surface area is 98.8 Å². The number of carboxylic acids is 1. The minimum atomic E-state index is -0.933. The molecule has 0 saturated heterocycles. The molecule has 17 heavy (non-hydrogen) atoms. The number of hydrogen-bond donors (Lipinski definition) is 3. The van der Waals surface area contributed by atoms with E-state index in [0.29, 0.717) is 30.8 Å². The van der Waals surface area contributed by atoms with Gasteiger partial charge in [0, 0.05) is 6.42 Å². The van der Waals surface area contributed by atoms with Crippen LogP contribution >= 0.6 is 0 Å². The van der Waals surface area contributed by atoms with Crippen molar-refractivity contribution in [1.29, 1.82) is 0 Å². The van der Waals surface area contributed by atoms with Gasteiger partial charge in [0.25, 0.3) is 0 Å². The van der Waals surface area contributed by atoms with Gasteiger partial charge in [-0.25, -0.2) is 0 Å². The Morgan fingerprint density at radius 3 is 2.71 bits per heavy atom. The zero-order chi connectivity index (χ0) is 12.7. The maximum absolute atomic E-state index is 11.3. The van der Waals surface area contributed by atoms with Gasteiger partial charge < -0.3 is 16.2 Å². The van der Waals surface area contributed by atoms with Crippen molar-refractivity contribution in [2.24, 2.45) is 5.73 Å². The average molecular weight is 237 g/mol. The van der Waals surface area contributed by atoms with Crippen LogP contribution in [-0.4, -0.2) is 28.5 Å². The van der Waals surface area contributed by atoms with Crippen molar-refractivity contribution in [1.82, 2.24) is 4.98 Å². The molecule has 1 heterocycles. The van der Waals surface area contributed by atoms with Gasteiger partial charge in [-0.2, -0.15) is 0 Å². The Bertz CT molecular complexity index is 389. The summed E-state index contributed by atoms with van der Waals surface area (Å²) in [5.74, 6) is -1.06. The van der Waals surface area contributed by atoms with Gasteiger partial charge in [-0.15, -0.1) is 0 Å². The number of rotatable bonds is 6. The Morgan fingerprint density at radius 2 is 2.18 bits per heavy atom. The molecule has 1 amide bonds. The highest BCUT2D eigenvalue weighted by Gasteiger charge is 2.04. The molecule has 0 radical (unpaired) electrons. The molecule has 1 rings (SSSR count). The van der Waals surface area contributed by atoms with Crippen LogP contribution in [0.2, 0.25) is 0 Å². The quantitative estimate of drug-likeness (QED) is 0.663. The second kappa shape index (κ2) is 6.59. The van der Waals surface area contributed by atoms with E-state index in [0.717, 1.165) is 0 Å². The fourth-order valence-corrected chi connectivity index (χ4v) is 1.24. The molecule has 6 nitrogen and oxygen atoms in total. The van der Waals surface area contributed by atoms with Gasteiger partial charge in [0.05, 0.1) is 24.0 Å². The first-order valence-electron chi connectivity index (χ1n) is 5.28. The Kier molecular flexibility index (Phi) is 5.09. The lowest BCUT2D eigenvalue weighted by Gasteiger charge is -2.04. The number of amides is 1. The maximum atomic E-state index is 11.3. The van der Waals surface area contributed by atoms with E-state index >= 15 is 0 Å². The molecule has 0 spiro atoms. The highest BCUT2D eigenvalue weighted by Crippen LogP contribution is 2.07. The summed E-state index contributed by atoms with van der Waals surface area (Å²) in [6.07, 6.45) is 2.32. The lowest BCUT2D eigenvalue weighted by Crippen LogP contribution is -2.13. The number of aromatic nitrogens is 1. The van der Waals surface area contributed by atoms with E-state index < -0.39 is 5.97 Å². The summed E-state index contributed by atoms with van der Waals surface area (Å²) >= 11 is 0. The number of nitrogens with zero attached hydrogens (tertiary/aromatic N) is 1. The smallest absolute Gasteiger partial charge is 0.309 e. The number of pyridine rings is 1. The van der Waals surface area contributed by atoms with Crippen molar-refractivity contribution in [3.05, 3.63) is 24.0 Å². The number of anilines is 1. The molecule has 0 aromatic carbocycles. The first-order chi connectivity index (χ1) is 8.11. The lowest BCUT2D eigenvalue weighted by molar-refractivity contribution is -0.136. The van der Waals surface area contributed by atoms with E-state index in [4.69, 9.17) is 10.8 Å². The lowest BCUT2D eigenvalue weighted by atomic mass is 10.2. The third kappa shape index (κ3) is 5.07. The van der Waals surface area contributed by atoms with Gasteiger partial charge in [-0.1, -0.05) is 0 Å². The number of carbonyl (C=O) groups excluding carboxylic acids is 1. The van der Waals surface area contributed by atoms with Gasteiger partial charge in [0.1, 0.15) is 0 Å². The van der Waals surface area contributed by atoms with Crippen molar-refractivity contribution in [3.8, 4) is 0 Å². The number of aliphatic carboxylic acids is 1. The van der Waals surface area contributed by atoms with Crippen molar-refractivity contribution in [3.63, 3.8) is 0 Å². The largest absolute Gasteiger partial charge is 0.481 e. The molecule has 0 unspecified atom stereocenters. The van der Waals surface area contributed by atoms with E-state index in [2.05, 4.69) is 10.3 Å². The number of hydrogen-bond acceptors (Lipinski definition) is 4. The number of carboxylic acid groups (broad SMARTS) is 1. The van der Waals surface area contributed by atoms with Crippen LogP contribution in [0.1, 0.15) is 18.5 Å². The summed E-state index contributed by atoms with van der Waals surface area (Å²) < 4.78 is 0. The second-order valence-corrected chi connectivity index (χ2v) is 3.55. The Morgan fingerprint density at radius 1 is 1.41 bits per heavy atom. The summed E-state index contributed by atoms with van der Waals surface area (Å²) in [5, 5.41) is 11.2. The molecule has 4 N–H and O–H groups in total. The van der Waals surface area contributed by atoms with Crippen molar-refractivity contribution >= 4 is 17.6 Å². The minimum Gasteiger partial charge on any atom is -0.481 e. The van der Waals surface area contributed by atoms with Crippen molar-refractivity contribution in [2.75, 3.05) is 11.9 Å². The fourth-order valence-electron chi connectivity index (χ4n) is 1.24. The first kappa shape index (κ1) is 13.1. The SMILES string of the molecule is NCCCC(=O)Nc1ccc(CC(=O)O)nc1. The predicted molar refractivity (Wildman–Crippen MR) is 62.5 cm³/mol. The van der Waals surface area contributed by atoms with Gasteiger partial charge in [-0.3, -0.25) is 14.6 Å². The van der Waals surface area contributed by atoms with Crippen LogP contribution in [0.25, 0.3) is 0 Å². The van der Waals surface area contributed by atoms with E-state index in [1.807, 2.05) is 0 Å². The molecule has 0 saturated carbocycles. The number of nitrogens with two attached hydrogens (primary N) is 1. The standard InChI is InChI=1S/C11H15N3O3/c12-5-1-2-10(15)14-9-4-3-8(13-7-9)6-11(16)17/h3-4,7H,1-2,5-6,12H2,(H,14,15)(H,16,17). The zero-order valence-corrected chi connectivity index (χ0v) is 9.35. The topological polar surface area (TPSA) is 105 Å². The third-order valence-corrected chi connectivity index (χ3v) is 2.05. The maximum Gasteiger partial charge on any atom is 0.309 e. The first-order valence-corrected chi connectivity index (χ1v) is 5.28. The molecule has 0 aliphatic heterocycles. The third-order valence-electron chi connectivity index (χ3n) is 2.05. The van der Waals surface area contributed by atoms with E-state index in [-0.39, 0.29) is 12.3 Å². The highest BCUT2D eigenvalue weighted by atomic mass is 16.4. The summed E-state index contributed by atoms with van der Waals surface area (Å²) in [6, 6.07) is 3.21. The second-order valence-electron chi connectivity index (χ2n) is 3.55. The van der Waals surface area contributed by atoms with Crippen LogP contribution in [-0.2, 0) is 16.0 Å². The average Bonchev–Trinajstić information content (AvgIpc) is 2.28. The van der Waals surface area contributed by atoms with Crippen LogP contribution in [0.4, 0.5) is 5.69 Å². The minimum absolute atomic E-state index is 0.122. The highest BCUT2D eigenvalue weighted by molar-refractivity contribution is 5.90. The molecule has 1 aromatic rings. The van der Waals surface area contributed by atoms with E-state index in [1.54, 1.807) is 12.1 Å². The van der Waals surface area contributed by atoms with Crippen LogP contribution in [0.3, 0.4) is 0 Å². The summed E-state index contributed by atoms with van der Waals surface area (Å²) in [4.78, 5) is 25.7. The van der Waals surface area contributed by atoms with Crippen LogP contribution in [0, 0.1) is 0 Å². The monoisotopic (exact) mass is 237 g/mol. The summed E-state index contributed by atoms with van der Waals surface area (Å²) in [5.41, 5.74) is 6.30. The van der Waals surface area contributed by atoms with Gasteiger partial charge >= 0.3 is 5.97 Å². The van der Waals surface area contributed by atoms with E-state index in [9.17, 15) is 9.59 Å². The van der Waals surface area contributed by atoms with Crippen LogP contribution in [0.15, 0.2) is 18.3 Å². The summed E-state index contributed by atoms with van der Waals surface area (Å²) in [6.45, 7) is 0.475. The Hall–Kier alpha value is -1.95. The molecule has 0 aliphatic carbocycles. The van der Waals surface area contributed by atoms with Crippen LogP contribution in [0.5, 0.6) is 0 Å². The Balaban J connectivity index is 2.50. The normalized spacial score (nSPS) is 9.94. The number of carbonyl (C=O) groups is 2. The molecule has 0 bridgehead atoms. The molecular formula is C11H15N3O3. The molecule has 0 atom stereocenters. The molecule has 1 aromatic heterocycles. The molecule has 0 aliphatic rings.